The van der Waals surface area contributed by atoms with Crippen LogP contribution in [-0.4, -0.2) is 22.1 Å². The molecule has 1 unspecified atom stereocenters. The summed E-state index contributed by atoms with van der Waals surface area (Å²) >= 11 is 0. The quantitative estimate of drug-likeness (QED) is 0.228. The maximum atomic E-state index is 11.1. The molecule has 1 atom stereocenters. The molecule has 1 N–H and O–H groups in total. The van der Waals surface area contributed by atoms with Crippen molar-refractivity contribution in [2.24, 2.45) is 0 Å². The Morgan fingerprint density at radius 1 is 0.818 bits per heavy atom. The average molecular weight is 349 g/mol. The molecule has 0 aromatic heterocycles. The summed E-state index contributed by atoms with van der Waals surface area (Å²) in [7, 11) is 3.19. The summed E-state index contributed by atoms with van der Waals surface area (Å²) in [6.07, 6.45) is 16.8. The standard InChI is InChI=1S/C18H36O2S2/c1-3-5-6-7-8-9-10-11-12-13-14-15-16-17(18(19)20)22-21-4-2/h17H,3-16H2,1-2H3,(H,19,20). The minimum Gasteiger partial charge on any atom is -0.480 e. The second-order valence-electron chi connectivity index (χ2n) is 6.01. The first-order chi connectivity index (χ1) is 10.7. The Kier molecular flexibility index (Phi) is 17.7. The van der Waals surface area contributed by atoms with Crippen LogP contribution in [0.15, 0.2) is 0 Å². The van der Waals surface area contributed by atoms with Crippen molar-refractivity contribution in [2.75, 3.05) is 5.75 Å². The lowest BCUT2D eigenvalue weighted by Gasteiger charge is -2.10. The summed E-state index contributed by atoms with van der Waals surface area (Å²) in [5.41, 5.74) is 0. The second kappa shape index (κ2) is 17.5. The summed E-state index contributed by atoms with van der Waals surface area (Å²) < 4.78 is 0. The van der Waals surface area contributed by atoms with Gasteiger partial charge in [-0.3, -0.25) is 4.79 Å². The Morgan fingerprint density at radius 2 is 1.27 bits per heavy atom. The molecule has 0 aliphatic rings. The van der Waals surface area contributed by atoms with E-state index in [1.54, 1.807) is 10.8 Å². The van der Waals surface area contributed by atoms with Crippen molar-refractivity contribution in [3.8, 4) is 0 Å². The molecule has 0 fully saturated rings. The second-order valence-corrected chi connectivity index (χ2v) is 8.87. The molecule has 0 radical (unpaired) electrons. The summed E-state index contributed by atoms with van der Waals surface area (Å²) in [6, 6.07) is 0. The highest BCUT2D eigenvalue weighted by Crippen LogP contribution is 2.30. The zero-order valence-electron chi connectivity index (χ0n) is 14.6. The molecule has 0 aromatic rings. The first kappa shape index (κ1) is 22.2. The van der Waals surface area contributed by atoms with Gasteiger partial charge >= 0.3 is 5.97 Å². The fraction of sp³-hybridized carbons (Fsp3) is 0.944. The predicted molar refractivity (Wildman–Crippen MR) is 103 cm³/mol. The van der Waals surface area contributed by atoms with E-state index in [1.165, 1.54) is 81.4 Å². The third-order valence-electron chi connectivity index (χ3n) is 3.90. The summed E-state index contributed by atoms with van der Waals surface area (Å²) in [4.78, 5) is 11.1. The Hall–Kier alpha value is 0.170. The largest absolute Gasteiger partial charge is 0.480 e. The van der Waals surface area contributed by atoms with Crippen LogP contribution in [0.5, 0.6) is 0 Å². The molecular weight excluding hydrogens is 312 g/mol. The lowest BCUT2D eigenvalue weighted by molar-refractivity contribution is -0.136. The van der Waals surface area contributed by atoms with Crippen molar-refractivity contribution >= 4 is 27.6 Å². The fourth-order valence-electron chi connectivity index (χ4n) is 2.53. The van der Waals surface area contributed by atoms with E-state index in [4.69, 9.17) is 5.11 Å². The Balaban J connectivity index is 3.29. The van der Waals surface area contributed by atoms with Gasteiger partial charge in [0.15, 0.2) is 0 Å². The molecule has 4 heteroatoms. The van der Waals surface area contributed by atoms with Gasteiger partial charge in [0.05, 0.1) is 0 Å². The average Bonchev–Trinajstić information content (AvgIpc) is 2.51. The zero-order chi connectivity index (χ0) is 16.5. The highest BCUT2D eigenvalue weighted by atomic mass is 33.1. The van der Waals surface area contributed by atoms with Crippen LogP contribution in [0.3, 0.4) is 0 Å². The first-order valence-corrected chi connectivity index (χ1v) is 11.6. The van der Waals surface area contributed by atoms with E-state index in [0.29, 0.717) is 0 Å². The monoisotopic (exact) mass is 348 g/mol. The molecule has 22 heavy (non-hydrogen) atoms. The Morgan fingerprint density at radius 3 is 1.68 bits per heavy atom. The molecule has 132 valence electrons. The van der Waals surface area contributed by atoms with Gasteiger partial charge in [-0.15, -0.1) is 0 Å². The van der Waals surface area contributed by atoms with Crippen LogP contribution in [0.25, 0.3) is 0 Å². The molecule has 0 aliphatic carbocycles. The van der Waals surface area contributed by atoms with Gasteiger partial charge in [-0.05, 0) is 6.42 Å². The third-order valence-corrected chi connectivity index (χ3v) is 6.75. The van der Waals surface area contributed by atoms with Crippen LogP contribution in [0.2, 0.25) is 0 Å². The van der Waals surface area contributed by atoms with E-state index in [0.717, 1.165) is 18.6 Å². The van der Waals surface area contributed by atoms with E-state index in [9.17, 15) is 4.79 Å². The summed E-state index contributed by atoms with van der Waals surface area (Å²) in [6.45, 7) is 4.33. The lowest BCUT2D eigenvalue weighted by Crippen LogP contribution is -2.15. The van der Waals surface area contributed by atoms with Crippen LogP contribution >= 0.6 is 21.6 Å². The maximum Gasteiger partial charge on any atom is 0.317 e. The number of hydrogen-bond donors (Lipinski definition) is 1. The van der Waals surface area contributed by atoms with Crippen molar-refractivity contribution in [2.45, 2.75) is 103 Å². The smallest absolute Gasteiger partial charge is 0.317 e. The maximum absolute atomic E-state index is 11.1. The molecule has 0 rings (SSSR count). The molecule has 0 bridgehead atoms. The van der Waals surface area contributed by atoms with Gasteiger partial charge in [0.2, 0.25) is 0 Å². The summed E-state index contributed by atoms with van der Waals surface area (Å²) in [5, 5.41) is 8.93. The Bertz CT molecular complexity index is 247. The van der Waals surface area contributed by atoms with Crippen molar-refractivity contribution < 1.29 is 9.90 Å². The number of carbonyl (C=O) groups is 1. The van der Waals surface area contributed by atoms with Crippen molar-refractivity contribution in [1.82, 2.24) is 0 Å². The first-order valence-electron chi connectivity index (χ1n) is 9.23. The summed E-state index contributed by atoms with van der Waals surface area (Å²) in [5.74, 6) is 0.335. The zero-order valence-corrected chi connectivity index (χ0v) is 16.3. The molecule has 0 amide bonds. The van der Waals surface area contributed by atoms with Gasteiger partial charge < -0.3 is 5.11 Å². The van der Waals surface area contributed by atoms with Gasteiger partial charge in [0.1, 0.15) is 5.25 Å². The number of carboxylic acids is 1. The van der Waals surface area contributed by atoms with Gasteiger partial charge in [0, 0.05) is 5.75 Å². The molecule has 0 saturated carbocycles. The van der Waals surface area contributed by atoms with E-state index in [2.05, 4.69) is 13.8 Å². The molecule has 0 saturated heterocycles. The number of hydrogen-bond acceptors (Lipinski definition) is 3. The number of carboxylic acid groups (broad SMARTS) is 1. The highest BCUT2D eigenvalue weighted by Gasteiger charge is 2.17. The van der Waals surface area contributed by atoms with E-state index in [-0.39, 0.29) is 5.25 Å². The van der Waals surface area contributed by atoms with E-state index >= 15 is 0 Å². The van der Waals surface area contributed by atoms with Crippen LogP contribution in [-0.2, 0) is 4.79 Å². The highest BCUT2D eigenvalue weighted by molar-refractivity contribution is 8.77. The third kappa shape index (κ3) is 15.1. The minimum absolute atomic E-state index is 0.215. The van der Waals surface area contributed by atoms with Crippen molar-refractivity contribution in [1.29, 1.82) is 0 Å². The molecule has 0 heterocycles. The van der Waals surface area contributed by atoms with E-state index < -0.39 is 5.97 Å². The lowest BCUT2D eigenvalue weighted by atomic mass is 10.0. The molecule has 0 aliphatic heterocycles. The molecule has 2 nitrogen and oxygen atoms in total. The number of aliphatic carboxylic acids is 1. The van der Waals surface area contributed by atoms with Gasteiger partial charge in [-0.2, -0.15) is 0 Å². The van der Waals surface area contributed by atoms with Crippen molar-refractivity contribution in [3.05, 3.63) is 0 Å². The Labute approximate surface area is 146 Å². The topological polar surface area (TPSA) is 37.3 Å². The number of unbranched alkanes of at least 4 members (excludes halogenated alkanes) is 11. The van der Waals surface area contributed by atoms with Gasteiger partial charge in [0.25, 0.3) is 0 Å². The normalized spacial score (nSPS) is 12.5. The SMILES string of the molecule is CCCCCCCCCCCCCCC(SSCC)C(=O)O. The molecule has 0 aromatic carbocycles. The molecule has 0 spiro atoms. The van der Waals surface area contributed by atoms with Crippen LogP contribution in [0.4, 0.5) is 0 Å². The predicted octanol–water partition coefficient (Wildman–Crippen LogP) is 6.93. The van der Waals surface area contributed by atoms with Crippen LogP contribution in [0.1, 0.15) is 97.3 Å². The fourth-order valence-corrected chi connectivity index (χ4v) is 4.62. The molecular formula is C18H36O2S2. The minimum atomic E-state index is -0.644. The van der Waals surface area contributed by atoms with Crippen LogP contribution < -0.4 is 0 Å². The van der Waals surface area contributed by atoms with Gasteiger partial charge in [-0.1, -0.05) is 112 Å². The van der Waals surface area contributed by atoms with E-state index in [1.807, 2.05) is 0 Å². The number of rotatable bonds is 17. The van der Waals surface area contributed by atoms with Crippen LogP contribution in [0, 0.1) is 0 Å². The van der Waals surface area contributed by atoms with Gasteiger partial charge in [-0.25, -0.2) is 0 Å². The van der Waals surface area contributed by atoms with Crippen molar-refractivity contribution in [3.63, 3.8) is 0 Å².